The average molecular weight is 318 g/mol. The molecular formula is C20H30O3. The van der Waals surface area contributed by atoms with Crippen molar-refractivity contribution in [1.82, 2.24) is 0 Å². The van der Waals surface area contributed by atoms with Crippen LogP contribution in [0.15, 0.2) is 0 Å². The number of esters is 1. The van der Waals surface area contributed by atoms with Crippen molar-refractivity contribution in [2.45, 2.75) is 58.7 Å². The van der Waals surface area contributed by atoms with Crippen molar-refractivity contribution in [3.63, 3.8) is 0 Å². The molecule has 1 aliphatic heterocycles. The quantitative estimate of drug-likeness (QED) is 0.573. The van der Waals surface area contributed by atoms with Crippen molar-refractivity contribution in [1.29, 1.82) is 0 Å². The van der Waals surface area contributed by atoms with Crippen LogP contribution in [-0.4, -0.2) is 18.9 Å². The highest BCUT2D eigenvalue weighted by atomic mass is 16.7. The fourth-order valence-electron chi connectivity index (χ4n) is 7.52. The van der Waals surface area contributed by atoms with Gasteiger partial charge in [-0.15, -0.1) is 0 Å². The van der Waals surface area contributed by atoms with Crippen LogP contribution in [0, 0.1) is 53.3 Å². The van der Waals surface area contributed by atoms with Gasteiger partial charge in [-0.2, -0.15) is 0 Å². The van der Waals surface area contributed by atoms with Gasteiger partial charge in [0.25, 0.3) is 0 Å². The van der Waals surface area contributed by atoms with E-state index in [1.165, 1.54) is 12.8 Å². The molecule has 0 aromatic carbocycles. The topological polar surface area (TPSA) is 35.5 Å². The number of fused-ring (bicyclic) bond motifs is 9. The molecule has 1 heterocycles. The Hall–Kier alpha value is -0.570. The Morgan fingerprint density at radius 3 is 2.48 bits per heavy atom. The molecular weight excluding hydrogens is 288 g/mol. The molecule has 0 aromatic rings. The Balaban J connectivity index is 1.30. The van der Waals surface area contributed by atoms with E-state index in [0.717, 1.165) is 73.7 Å². The maximum absolute atomic E-state index is 12.7. The lowest BCUT2D eigenvalue weighted by molar-refractivity contribution is -0.194. The summed E-state index contributed by atoms with van der Waals surface area (Å²) in [6, 6.07) is 0. The van der Waals surface area contributed by atoms with E-state index in [9.17, 15) is 4.79 Å². The van der Waals surface area contributed by atoms with Gasteiger partial charge in [0, 0.05) is 6.42 Å². The lowest BCUT2D eigenvalue weighted by Crippen LogP contribution is -2.41. The Kier molecular flexibility index (Phi) is 3.34. The fraction of sp³-hybridized carbons (Fsp3) is 0.950. The van der Waals surface area contributed by atoms with Crippen LogP contribution in [0.1, 0.15) is 52.4 Å². The predicted octanol–water partition coefficient (Wildman–Crippen LogP) is 3.87. The zero-order chi connectivity index (χ0) is 15.7. The molecule has 5 aliphatic rings. The molecule has 128 valence electrons. The summed E-state index contributed by atoms with van der Waals surface area (Å²) in [6.45, 7) is 5.68. The molecule has 4 saturated carbocycles. The predicted molar refractivity (Wildman–Crippen MR) is 86.3 cm³/mol. The van der Waals surface area contributed by atoms with Crippen LogP contribution >= 0.6 is 0 Å². The molecule has 0 N–H and O–H groups in total. The lowest BCUT2D eigenvalue weighted by Gasteiger charge is -2.43. The standard InChI is InChI=1S/C20H30O3/c1-10-11(2)14-9-13(10)18-12-7-15(19(14)18)16(8-12)20(21)23-17-5-3-4-6-22-17/h10-19H,3-9H2,1-2H3. The largest absolute Gasteiger partial charge is 0.436 e. The summed E-state index contributed by atoms with van der Waals surface area (Å²) in [7, 11) is 0. The van der Waals surface area contributed by atoms with Crippen LogP contribution in [0.25, 0.3) is 0 Å². The van der Waals surface area contributed by atoms with E-state index < -0.39 is 0 Å². The SMILES string of the molecule is CC1C(C)C2CC1C1C3CC(C(=O)OC4CCCCO4)C(C3)C21. The number of rotatable bonds is 2. The second kappa shape index (κ2) is 5.21. The third-order valence-corrected chi connectivity index (χ3v) is 8.53. The molecule has 0 aromatic heterocycles. The highest BCUT2D eigenvalue weighted by Gasteiger charge is 2.66. The van der Waals surface area contributed by atoms with E-state index in [1.807, 2.05) is 0 Å². The Labute approximate surface area is 139 Å². The summed E-state index contributed by atoms with van der Waals surface area (Å²) in [4.78, 5) is 12.7. The summed E-state index contributed by atoms with van der Waals surface area (Å²) in [5.74, 6) is 7.03. The van der Waals surface area contributed by atoms with Crippen molar-refractivity contribution in [2.24, 2.45) is 53.3 Å². The molecule has 0 spiro atoms. The van der Waals surface area contributed by atoms with Crippen LogP contribution < -0.4 is 0 Å². The van der Waals surface area contributed by atoms with E-state index in [0.29, 0.717) is 5.92 Å². The summed E-state index contributed by atoms with van der Waals surface area (Å²) in [6.07, 6.45) is 6.69. The molecule has 3 heteroatoms. The van der Waals surface area contributed by atoms with E-state index in [2.05, 4.69) is 13.8 Å². The summed E-state index contributed by atoms with van der Waals surface area (Å²) < 4.78 is 11.4. The van der Waals surface area contributed by atoms with Crippen molar-refractivity contribution in [3.05, 3.63) is 0 Å². The van der Waals surface area contributed by atoms with Gasteiger partial charge in [0.1, 0.15) is 0 Å². The normalized spacial score (nSPS) is 56.8. The molecule has 4 bridgehead atoms. The molecule has 5 rings (SSSR count). The number of hydrogen-bond donors (Lipinski definition) is 0. The van der Waals surface area contributed by atoms with Crippen LogP contribution in [0.4, 0.5) is 0 Å². The van der Waals surface area contributed by atoms with E-state index in [1.54, 1.807) is 0 Å². The first-order chi connectivity index (χ1) is 11.1. The minimum atomic E-state index is -0.259. The van der Waals surface area contributed by atoms with Gasteiger partial charge in [-0.05, 0) is 79.4 Å². The smallest absolute Gasteiger partial charge is 0.311 e. The zero-order valence-electron chi connectivity index (χ0n) is 14.4. The molecule has 0 amide bonds. The van der Waals surface area contributed by atoms with Crippen LogP contribution in [-0.2, 0) is 14.3 Å². The zero-order valence-corrected chi connectivity index (χ0v) is 14.4. The summed E-state index contributed by atoms with van der Waals surface area (Å²) >= 11 is 0. The molecule has 10 unspecified atom stereocenters. The van der Waals surface area contributed by atoms with Crippen LogP contribution in [0.2, 0.25) is 0 Å². The van der Waals surface area contributed by atoms with Gasteiger partial charge in [-0.25, -0.2) is 0 Å². The van der Waals surface area contributed by atoms with Gasteiger partial charge in [-0.1, -0.05) is 13.8 Å². The second-order valence-electron chi connectivity index (χ2n) is 9.17. The maximum atomic E-state index is 12.7. The third-order valence-electron chi connectivity index (χ3n) is 8.53. The molecule has 4 aliphatic carbocycles. The van der Waals surface area contributed by atoms with Gasteiger partial charge in [0.05, 0.1) is 12.5 Å². The first-order valence-corrected chi connectivity index (χ1v) is 9.97. The molecule has 3 nitrogen and oxygen atoms in total. The first-order valence-electron chi connectivity index (χ1n) is 9.97. The number of ether oxygens (including phenoxy) is 2. The van der Waals surface area contributed by atoms with E-state index in [-0.39, 0.29) is 18.2 Å². The average Bonchev–Trinajstić information content (AvgIpc) is 3.28. The highest BCUT2D eigenvalue weighted by Crippen LogP contribution is 2.71. The van der Waals surface area contributed by atoms with Gasteiger partial charge >= 0.3 is 5.97 Å². The van der Waals surface area contributed by atoms with Crippen molar-refractivity contribution in [2.75, 3.05) is 6.61 Å². The van der Waals surface area contributed by atoms with Crippen molar-refractivity contribution in [3.8, 4) is 0 Å². The monoisotopic (exact) mass is 318 g/mol. The molecule has 10 atom stereocenters. The van der Waals surface area contributed by atoms with Crippen molar-refractivity contribution >= 4 is 5.97 Å². The van der Waals surface area contributed by atoms with E-state index in [4.69, 9.17) is 9.47 Å². The molecule has 0 radical (unpaired) electrons. The van der Waals surface area contributed by atoms with Gasteiger partial charge < -0.3 is 9.47 Å². The molecule has 5 fully saturated rings. The first kappa shape index (κ1) is 14.7. The number of carbonyl (C=O) groups is 1. The molecule has 1 saturated heterocycles. The van der Waals surface area contributed by atoms with Crippen LogP contribution in [0.5, 0.6) is 0 Å². The maximum Gasteiger partial charge on any atom is 0.311 e. The second-order valence-corrected chi connectivity index (χ2v) is 9.17. The van der Waals surface area contributed by atoms with Crippen LogP contribution in [0.3, 0.4) is 0 Å². The fourth-order valence-corrected chi connectivity index (χ4v) is 7.52. The summed E-state index contributed by atoms with van der Waals surface area (Å²) in [5, 5.41) is 0. The van der Waals surface area contributed by atoms with Gasteiger partial charge in [-0.3, -0.25) is 4.79 Å². The minimum absolute atomic E-state index is 0.0614. The Morgan fingerprint density at radius 2 is 1.74 bits per heavy atom. The van der Waals surface area contributed by atoms with Gasteiger partial charge in [0.2, 0.25) is 6.29 Å². The van der Waals surface area contributed by atoms with E-state index >= 15 is 0 Å². The summed E-state index contributed by atoms with van der Waals surface area (Å²) in [5.41, 5.74) is 0. The Bertz CT molecular complexity index is 497. The number of hydrogen-bond acceptors (Lipinski definition) is 3. The highest BCUT2D eigenvalue weighted by molar-refractivity contribution is 5.73. The Morgan fingerprint density at radius 1 is 0.957 bits per heavy atom. The lowest BCUT2D eigenvalue weighted by atomic mass is 9.62. The third kappa shape index (κ3) is 2.01. The van der Waals surface area contributed by atoms with Gasteiger partial charge in [0.15, 0.2) is 0 Å². The van der Waals surface area contributed by atoms with Crippen molar-refractivity contribution < 1.29 is 14.3 Å². The number of carbonyl (C=O) groups excluding carboxylic acids is 1. The minimum Gasteiger partial charge on any atom is -0.436 e. The molecule has 23 heavy (non-hydrogen) atoms.